The zero-order valence-electron chi connectivity index (χ0n) is 12.6. The Bertz CT molecular complexity index is 651. The van der Waals surface area contributed by atoms with E-state index in [0.717, 1.165) is 36.9 Å². The number of nitrogens with zero attached hydrogens (tertiary/aromatic N) is 5. The van der Waals surface area contributed by atoms with E-state index in [1.165, 1.54) is 6.20 Å². The molecule has 1 aliphatic heterocycles. The molecule has 2 aromatic rings. The number of rotatable bonds is 4. The molecule has 1 fully saturated rings. The van der Waals surface area contributed by atoms with E-state index < -0.39 is 0 Å². The van der Waals surface area contributed by atoms with Gasteiger partial charge >= 0.3 is 0 Å². The minimum atomic E-state index is 0.101. The number of hydrogen-bond acceptors (Lipinski definition) is 6. The minimum absolute atomic E-state index is 0.101. The normalized spacial score (nSPS) is 17.6. The molecule has 0 N–H and O–H groups in total. The van der Waals surface area contributed by atoms with Crippen LogP contribution in [0, 0.1) is 0 Å². The lowest BCUT2D eigenvalue weighted by atomic mass is 10.3. The number of halogens is 1. The molecule has 1 saturated heterocycles. The van der Waals surface area contributed by atoms with Crippen molar-refractivity contribution in [3.63, 3.8) is 0 Å². The molecule has 0 aromatic carbocycles. The lowest BCUT2D eigenvalue weighted by Gasteiger charge is -2.20. The first-order valence-electron chi connectivity index (χ1n) is 7.15. The van der Waals surface area contributed by atoms with Gasteiger partial charge in [-0.15, -0.1) is 0 Å². The topological polar surface area (TPSA) is 54.4 Å². The van der Waals surface area contributed by atoms with Gasteiger partial charge in [0.1, 0.15) is 17.1 Å². The molecule has 0 aliphatic carbocycles. The molecule has 116 valence electrons. The molecule has 1 atom stereocenters. The SMILES string of the molecule is CN(C)c1ncccc1O[C@H]1CCN(c2cncc(Cl)n2)C1. The van der Waals surface area contributed by atoms with Crippen molar-refractivity contribution in [2.75, 3.05) is 37.0 Å². The van der Waals surface area contributed by atoms with Gasteiger partial charge in [0.05, 0.1) is 18.9 Å². The van der Waals surface area contributed by atoms with Crippen LogP contribution in [0.5, 0.6) is 5.75 Å². The fraction of sp³-hybridized carbons (Fsp3) is 0.400. The Labute approximate surface area is 134 Å². The summed E-state index contributed by atoms with van der Waals surface area (Å²) in [7, 11) is 3.91. The molecule has 0 radical (unpaired) electrons. The van der Waals surface area contributed by atoms with Crippen LogP contribution < -0.4 is 14.5 Å². The minimum Gasteiger partial charge on any atom is -0.485 e. The van der Waals surface area contributed by atoms with Crippen LogP contribution in [0.2, 0.25) is 5.15 Å². The Morgan fingerprint density at radius 1 is 1.36 bits per heavy atom. The average Bonchev–Trinajstić information content (AvgIpc) is 2.96. The fourth-order valence-electron chi connectivity index (χ4n) is 2.51. The van der Waals surface area contributed by atoms with Crippen LogP contribution in [-0.4, -0.2) is 48.2 Å². The summed E-state index contributed by atoms with van der Waals surface area (Å²) < 4.78 is 6.12. The first-order chi connectivity index (χ1) is 10.6. The summed E-state index contributed by atoms with van der Waals surface area (Å²) in [6.07, 6.45) is 6.06. The van der Waals surface area contributed by atoms with E-state index in [-0.39, 0.29) is 6.10 Å². The third kappa shape index (κ3) is 3.22. The van der Waals surface area contributed by atoms with Crippen molar-refractivity contribution in [2.24, 2.45) is 0 Å². The summed E-state index contributed by atoms with van der Waals surface area (Å²) in [6.45, 7) is 1.63. The van der Waals surface area contributed by atoms with Crippen LogP contribution >= 0.6 is 11.6 Å². The Balaban J connectivity index is 1.69. The number of pyridine rings is 1. The number of hydrogen-bond donors (Lipinski definition) is 0. The van der Waals surface area contributed by atoms with Gasteiger partial charge in [0.2, 0.25) is 0 Å². The van der Waals surface area contributed by atoms with E-state index in [0.29, 0.717) is 5.15 Å². The van der Waals surface area contributed by atoms with Crippen molar-refractivity contribution in [1.82, 2.24) is 15.0 Å². The predicted molar refractivity (Wildman–Crippen MR) is 86.9 cm³/mol. The summed E-state index contributed by atoms with van der Waals surface area (Å²) in [5.41, 5.74) is 0. The van der Waals surface area contributed by atoms with Crippen LogP contribution in [0.15, 0.2) is 30.7 Å². The van der Waals surface area contributed by atoms with Gasteiger partial charge in [0.15, 0.2) is 11.6 Å². The second kappa shape index (κ2) is 6.36. The fourth-order valence-corrected chi connectivity index (χ4v) is 2.65. The maximum Gasteiger partial charge on any atom is 0.170 e. The third-order valence-corrected chi connectivity index (χ3v) is 3.71. The van der Waals surface area contributed by atoms with Crippen molar-refractivity contribution in [1.29, 1.82) is 0 Å². The van der Waals surface area contributed by atoms with Gasteiger partial charge < -0.3 is 14.5 Å². The lowest BCUT2D eigenvalue weighted by molar-refractivity contribution is 0.225. The largest absolute Gasteiger partial charge is 0.485 e. The zero-order chi connectivity index (χ0) is 15.5. The molecule has 7 heteroatoms. The van der Waals surface area contributed by atoms with Crippen molar-refractivity contribution in [3.8, 4) is 5.75 Å². The molecule has 0 saturated carbocycles. The quantitative estimate of drug-likeness (QED) is 0.861. The highest BCUT2D eigenvalue weighted by atomic mass is 35.5. The molecule has 1 aliphatic rings. The molecular weight excluding hydrogens is 302 g/mol. The molecule has 0 spiro atoms. The smallest absolute Gasteiger partial charge is 0.170 e. The highest BCUT2D eigenvalue weighted by Crippen LogP contribution is 2.27. The Morgan fingerprint density at radius 2 is 2.23 bits per heavy atom. The van der Waals surface area contributed by atoms with Crippen molar-refractivity contribution in [3.05, 3.63) is 35.9 Å². The van der Waals surface area contributed by atoms with Gasteiger partial charge in [0.25, 0.3) is 0 Å². The predicted octanol–water partition coefficient (Wildman–Crippen LogP) is 2.25. The highest BCUT2D eigenvalue weighted by molar-refractivity contribution is 6.29. The average molecular weight is 320 g/mol. The molecule has 3 rings (SSSR count). The standard InChI is InChI=1S/C15H18ClN5O/c1-20(2)15-12(4-3-6-18-15)22-11-5-7-21(10-11)14-9-17-8-13(16)19-14/h3-4,6,8-9,11H,5,7,10H2,1-2H3/t11-/m0/s1. The van der Waals surface area contributed by atoms with Gasteiger partial charge in [-0.3, -0.25) is 4.98 Å². The first kappa shape index (κ1) is 14.8. The summed E-state index contributed by atoms with van der Waals surface area (Å²) in [5.74, 6) is 2.43. The number of aromatic nitrogens is 3. The molecule has 2 aromatic heterocycles. The van der Waals surface area contributed by atoms with E-state index in [2.05, 4.69) is 19.9 Å². The van der Waals surface area contributed by atoms with E-state index in [1.54, 1.807) is 12.4 Å². The molecule has 6 nitrogen and oxygen atoms in total. The molecule has 3 heterocycles. The zero-order valence-corrected chi connectivity index (χ0v) is 13.4. The van der Waals surface area contributed by atoms with Crippen LogP contribution in [-0.2, 0) is 0 Å². The van der Waals surface area contributed by atoms with Crippen molar-refractivity contribution >= 4 is 23.2 Å². The summed E-state index contributed by atoms with van der Waals surface area (Å²) in [5, 5.41) is 0.407. The molecule has 0 unspecified atom stereocenters. The van der Waals surface area contributed by atoms with Gasteiger partial charge in [-0.25, -0.2) is 9.97 Å². The van der Waals surface area contributed by atoms with Crippen LogP contribution in [0.3, 0.4) is 0 Å². The number of ether oxygens (including phenoxy) is 1. The second-order valence-corrected chi connectivity index (χ2v) is 5.78. The molecule has 0 bridgehead atoms. The maximum atomic E-state index is 6.12. The Hall–Kier alpha value is -2.08. The summed E-state index contributed by atoms with van der Waals surface area (Å²) >= 11 is 5.90. The maximum absolute atomic E-state index is 6.12. The van der Waals surface area contributed by atoms with Gasteiger partial charge in [0, 0.05) is 33.3 Å². The summed E-state index contributed by atoms with van der Waals surface area (Å²) in [6, 6.07) is 3.84. The Kier molecular flexibility index (Phi) is 4.29. The monoisotopic (exact) mass is 319 g/mol. The Morgan fingerprint density at radius 3 is 3.00 bits per heavy atom. The van der Waals surface area contributed by atoms with Gasteiger partial charge in [-0.2, -0.15) is 0 Å². The van der Waals surface area contributed by atoms with Crippen molar-refractivity contribution in [2.45, 2.75) is 12.5 Å². The molecular formula is C15H18ClN5O. The van der Waals surface area contributed by atoms with Gasteiger partial charge in [-0.05, 0) is 12.1 Å². The molecule has 0 amide bonds. The van der Waals surface area contributed by atoms with E-state index in [4.69, 9.17) is 16.3 Å². The lowest BCUT2D eigenvalue weighted by Crippen LogP contribution is -2.26. The van der Waals surface area contributed by atoms with Crippen LogP contribution in [0.25, 0.3) is 0 Å². The highest BCUT2D eigenvalue weighted by Gasteiger charge is 2.26. The van der Waals surface area contributed by atoms with E-state index >= 15 is 0 Å². The van der Waals surface area contributed by atoms with E-state index in [9.17, 15) is 0 Å². The molecule has 22 heavy (non-hydrogen) atoms. The van der Waals surface area contributed by atoms with E-state index in [1.807, 2.05) is 31.1 Å². The third-order valence-electron chi connectivity index (χ3n) is 3.53. The van der Waals surface area contributed by atoms with Crippen LogP contribution in [0.4, 0.5) is 11.6 Å². The van der Waals surface area contributed by atoms with Gasteiger partial charge in [-0.1, -0.05) is 11.6 Å². The summed E-state index contributed by atoms with van der Waals surface area (Å²) in [4.78, 5) is 16.8. The number of anilines is 2. The van der Waals surface area contributed by atoms with Crippen LogP contribution in [0.1, 0.15) is 6.42 Å². The first-order valence-corrected chi connectivity index (χ1v) is 7.53. The second-order valence-electron chi connectivity index (χ2n) is 5.39. The van der Waals surface area contributed by atoms with Crippen molar-refractivity contribution < 1.29 is 4.74 Å².